The predicted molar refractivity (Wildman–Crippen MR) is 142 cm³/mol. The summed E-state index contributed by atoms with van der Waals surface area (Å²) < 4.78 is 55.7. The number of imide groups is 1. The first-order valence-corrected chi connectivity index (χ1v) is 13.4. The third kappa shape index (κ3) is 8.59. The van der Waals surface area contributed by atoms with Crippen molar-refractivity contribution in [2.45, 2.75) is 32.4 Å². The number of nitrogens with zero attached hydrogens (tertiary/aromatic N) is 4. The fourth-order valence-corrected chi connectivity index (χ4v) is 4.69. The molecule has 2 aliphatic rings. The van der Waals surface area contributed by atoms with Crippen LogP contribution in [0.5, 0.6) is 0 Å². The molecule has 1 aromatic carbocycles. The Morgan fingerprint density at radius 1 is 1.00 bits per heavy atom. The number of alkyl halides is 3. The van der Waals surface area contributed by atoms with Gasteiger partial charge in [0.15, 0.2) is 0 Å². The summed E-state index contributed by atoms with van der Waals surface area (Å²) in [5, 5.41) is 9.01. The van der Waals surface area contributed by atoms with Crippen molar-refractivity contribution in [1.29, 1.82) is 5.26 Å². The first-order chi connectivity index (χ1) is 19.6. The van der Waals surface area contributed by atoms with E-state index < -0.39 is 29.1 Å². The van der Waals surface area contributed by atoms with Gasteiger partial charge in [-0.05, 0) is 50.9 Å². The van der Waals surface area contributed by atoms with Crippen LogP contribution in [0.15, 0.2) is 29.3 Å². The number of hydrogen-bond donors (Lipinski definition) is 0. The largest absolute Gasteiger partial charge is 0.417 e. The monoisotopic (exact) mass is 580 g/mol. The van der Waals surface area contributed by atoms with Gasteiger partial charge in [0.25, 0.3) is 11.8 Å². The highest BCUT2D eigenvalue weighted by molar-refractivity contribution is 6.32. The number of piperazine rings is 1. The molecule has 0 atom stereocenters. The van der Waals surface area contributed by atoms with Crippen LogP contribution in [0.2, 0.25) is 0 Å². The highest BCUT2D eigenvalue weighted by atomic mass is 19.4. The van der Waals surface area contributed by atoms with Gasteiger partial charge < -0.3 is 19.1 Å². The lowest BCUT2D eigenvalue weighted by molar-refractivity contribution is -0.139. The molecule has 0 bridgehead atoms. The highest BCUT2D eigenvalue weighted by Gasteiger charge is 2.39. The molecule has 10 nitrogen and oxygen atoms in total. The Morgan fingerprint density at radius 3 is 2.34 bits per heavy atom. The summed E-state index contributed by atoms with van der Waals surface area (Å²) >= 11 is 0. The molecule has 0 radical (unpaired) electrons. The van der Waals surface area contributed by atoms with Crippen molar-refractivity contribution < 1.29 is 41.8 Å². The molecule has 0 spiro atoms. The quantitative estimate of drug-likeness (QED) is 0.244. The molecular weight excluding hydrogens is 545 g/mol. The molecule has 13 heteroatoms. The van der Waals surface area contributed by atoms with E-state index in [1.165, 1.54) is 19.1 Å². The second kappa shape index (κ2) is 15.1. The van der Waals surface area contributed by atoms with Crippen LogP contribution in [0.25, 0.3) is 0 Å². The van der Waals surface area contributed by atoms with Crippen molar-refractivity contribution in [2.24, 2.45) is 0 Å². The van der Waals surface area contributed by atoms with E-state index in [2.05, 4.69) is 4.90 Å². The van der Waals surface area contributed by atoms with Crippen LogP contribution in [-0.2, 0) is 34.8 Å². The highest BCUT2D eigenvalue weighted by Crippen LogP contribution is 2.36. The van der Waals surface area contributed by atoms with Crippen LogP contribution in [-0.4, -0.2) is 100 Å². The number of amides is 3. The molecule has 0 saturated carbocycles. The lowest BCUT2D eigenvalue weighted by Crippen LogP contribution is -2.49. The number of halogens is 3. The van der Waals surface area contributed by atoms with E-state index in [0.29, 0.717) is 71.5 Å². The third-order valence-corrected chi connectivity index (χ3v) is 7.03. The number of nitriles is 1. The zero-order valence-electron chi connectivity index (χ0n) is 23.3. The fraction of sp³-hybridized carbons (Fsp3) is 0.571. The summed E-state index contributed by atoms with van der Waals surface area (Å²) in [6.45, 7) is 6.55. The molecule has 0 unspecified atom stereocenters. The maximum atomic E-state index is 13.4. The number of methoxy groups -OCH3 is 1. The third-order valence-electron chi connectivity index (χ3n) is 7.03. The smallest absolute Gasteiger partial charge is 0.382 e. The first-order valence-electron chi connectivity index (χ1n) is 13.4. The van der Waals surface area contributed by atoms with Gasteiger partial charge >= 0.3 is 6.18 Å². The Balaban J connectivity index is 1.41. The molecule has 2 aliphatic heterocycles. The van der Waals surface area contributed by atoms with Gasteiger partial charge in [-0.1, -0.05) is 0 Å². The standard InChI is InChI=1S/C28H35F3N4O6/c1-20-23(27(38)35(26(20)37)22-7-6-21(18-32)24(17-22)28(29,30)31)5-3-4-8-33-9-11-34(12-10-33)25(36)19-41-16-15-40-14-13-39-2/h6-7,17H,3-5,8-16,19H2,1-2H3. The minimum Gasteiger partial charge on any atom is -0.382 e. The lowest BCUT2D eigenvalue weighted by atomic mass is 10.0. The predicted octanol–water partition coefficient (Wildman–Crippen LogP) is 2.76. The summed E-state index contributed by atoms with van der Waals surface area (Å²) in [5.74, 6) is -1.37. The average Bonchev–Trinajstić information content (AvgIpc) is 3.16. The Morgan fingerprint density at radius 2 is 1.68 bits per heavy atom. The van der Waals surface area contributed by atoms with Gasteiger partial charge in [0.1, 0.15) is 6.61 Å². The Labute approximate surface area is 237 Å². The Hall–Kier alpha value is -3.31. The summed E-state index contributed by atoms with van der Waals surface area (Å²) in [7, 11) is 1.59. The molecule has 1 aromatic rings. The van der Waals surface area contributed by atoms with Crippen molar-refractivity contribution in [1.82, 2.24) is 9.80 Å². The van der Waals surface area contributed by atoms with Crippen LogP contribution in [0.3, 0.4) is 0 Å². The molecule has 1 saturated heterocycles. The summed E-state index contributed by atoms with van der Waals surface area (Å²) in [6.07, 6.45) is -3.13. The minimum atomic E-state index is -4.80. The van der Waals surface area contributed by atoms with E-state index in [0.717, 1.165) is 23.9 Å². The van der Waals surface area contributed by atoms with Gasteiger partial charge in [0.2, 0.25) is 5.91 Å². The SMILES string of the molecule is COCCOCCOCC(=O)N1CCN(CCCCC2=C(C)C(=O)N(c3ccc(C#N)c(C(F)(F)F)c3)C2=O)CC1. The van der Waals surface area contributed by atoms with Crippen molar-refractivity contribution >= 4 is 23.4 Å². The molecule has 3 rings (SSSR count). The molecule has 0 aromatic heterocycles. The van der Waals surface area contributed by atoms with Crippen LogP contribution in [0, 0.1) is 11.3 Å². The Bertz CT molecular complexity index is 1170. The lowest BCUT2D eigenvalue weighted by Gasteiger charge is -2.34. The number of carbonyl (C=O) groups is 3. The van der Waals surface area contributed by atoms with Crippen molar-refractivity contribution in [3.8, 4) is 6.07 Å². The molecule has 2 heterocycles. The van der Waals surface area contributed by atoms with Crippen LogP contribution in [0.4, 0.5) is 18.9 Å². The van der Waals surface area contributed by atoms with Gasteiger partial charge in [-0.2, -0.15) is 18.4 Å². The molecular formula is C28H35F3N4O6. The summed E-state index contributed by atoms with van der Waals surface area (Å²) in [6, 6.07) is 4.30. The van der Waals surface area contributed by atoms with Crippen molar-refractivity contribution in [3.63, 3.8) is 0 Å². The average molecular weight is 581 g/mol. The summed E-state index contributed by atoms with van der Waals surface area (Å²) in [5.41, 5.74) is -1.49. The van der Waals surface area contributed by atoms with Gasteiger partial charge in [-0.15, -0.1) is 0 Å². The molecule has 41 heavy (non-hydrogen) atoms. The number of hydrogen-bond acceptors (Lipinski definition) is 8. The second-order valence-electron chi connectivity index (χ2n) is 9.73. The molecule has 0 N–H and O–H groups in total. The number of unbranched alkanes of at least 4 members (excludes halogenated alkanes) is 1. The van der Waals surface area contributed by atoms with E-state index in [4.69, 9.17) is 19.5 Å². The van der Waals surface area contributed by atoms with Crippen molar-refractivity contribution in [2.75, 3.05) is 77.8 Å². The first kappa shape index (κ1) is 32.2. The zero-order chi connectivity index (χ0) is 30.0. The molecule has 3 amide bonds. The van der Waals surface area contributed by atoms with Crippen LogP contribution < -0.4 is 4.90 Å². The topological polar surface area (TPSA) is 112 Å². The van der Waals surface area contributed by atoms with E-state index in [1.54, 1.807) is 12.0 Å². The maximum Gasteiger partial charge on any atom is 0.417 e. The number of carbonyl (C=O) groups excluding carboxylic acids is 3. The van der Waals surface area contributed by atoms with E-state index in [-0.39, 0.29) is 29.3 Å². The second-order valence-corrected chi connectivity index (χ2v) is 9.73. The summed E-state index contributed by atoms with van der Waals surface area (Å²) in [4.78, 5) is 42.9. The van der Waals surface area contributed by atoms with Crippen LogP contribution in [0.1, 0.15) is 37.3 Å². The minimum absolute atomic E-state index is 0.00581. The van der Waals surface area contributed by atoms with E-state index in [9.17, 15) is 27.6 Å². The van der Waals surface area contributed by atoms with Gasteiger partial charge in [0, 0.05) is 44.4 Å². The number of benzene rings is 1. The number of anilines is 1. The van der Waals surface area contributed by atoms with Crippen LogP contribution >= 0.6 is 0 Å². The zero-order valence-corrected chi connectivity index (χ0v) is 23.3. The van der Waals surface area contributed by atoms with Gasteiger partial charge in [-0.25, -0.2) is 4.90 Å². The molecule has 0 aliphatic carbocycles. The molecule has 224 valence electrons. The van der Waals surface area contributed by atoms with E-state index >= 15 is 0 Å². The Kier molecular flexibility index (Phi) is 11.8. The number of ether oxygens (including phenoxy) is 3. The van der Waals surface area contributed by atoms with Crippen molar-refractivity contribution in [3.05, 3.63) is 40.5 Å². The van der Waals surface area contributed by atoms with Gasteiger partial charge in [-0.3, -0.25) is 19.3 Å². The maximum absolute atomic E-state index is 13.4. The number of rotatable bonds is 14. The fourth-order valence-electron chi connectivity index (χ4n) is 4.69. The molecule has 1 fully saturated rings. The van der Waals surface area contributed by atoms with E-state index in [1.807, 2.05) is 0 Å². The van der Waals surface area contributed by atoms with Gasteiger partial charge in [0.05, 0.1) is 49.3 Å². The normalized spacial score (nSPS) is 16.6.